The summed E-state index contributed by atoms with van der Waals surface area (Å²) < 4.78 is 13.3. The Bertz CT molecular complexity index is 506. The fraction of sp³-hybridized carbons (Fsp3) is 0.231. The van der Waals surface area contributed by atoms with E-state index in [0.717, 1.165) is 17.7 Å². The SMILES string of the molecule is CCNc1cncc(-c2cc(C)cc(F)c2)n1. The van der Waals surface area contributed by atoms with Crippen LogP contribution in [0.3, 0.4) is 0 Å². The highest BCUT2D eigenvalue weighted by molar-refractivity contribution is 5.60. The smallest absolute Gasteiger partial charge is 0.145 e. The van der Waals surface area contributed by atoms with Crippen LogP contribution in [0.25, 0.3) is 11.3 Å². The molecule has 0 atom stereocenters. The van der Waals surface area contributed by atoms with Crippen LogP contribution in [-0.4, -0.2) is 16.5 Å². The molecule has 2 aromatic rings. The van der Waals surface area contributed by atoms with Gasteiger partial charge in [-0.2, -0.15) is 0 Å². The first kappa shape index (κ1) is 11.5. The lowest BCUT2D eigenvalue weighted by Crippen LogP contribution is -2.00. The second-order valence-corrected chi connectivity index (χ2v) is 3.84. The van der Waals surface area contributed by atoms with Crippen LogP contribution in [0, 0.1) is 12.7 Å². The Balaban J connectivity index is 2.41. The molecule has 0 bridgehead atoms. The molecule has 1 heterocycles. The van der Waals surface area contributed by atoms with E-state index in [2.05, 4.69) is 15.3 Å². The molecule has 3 nitrogen and oxygen atoms in total. The van der Waals surface area contributed by atoms with Crippen molar-refractivity contribution in [2.75, 3.05) is 11.9 Å². The summed E-state index contributed by atoms with van der Waals surface area (Å²) >= 11 is 0. The van der Waals surface area contributed by atoms with Crippen LogP contribution in [0.4, 0.5) is 10.2 Å². The van der Waals surface area contributed by atoms with Crippen molar-refractivity contribution in [2.45, 2.75) is 13.8 Å². The molecule has 0 spiro atoms. The number of halogens is 1. The number of anilines is 1. The Morgan fingerprint density at radius 1 is 1.24 bits per heavy atom. The van der Waals surface area contributed by atoms with Gasteiger partial charge in [-0.25, -0.2) is 9.37 Å². The summed E-state index contributed by atoms with van der Waals surface area (Å²) in [5, 5.41) is 3.08. The van der Waals surface area contributed by atoms with Crippen LogP contribution in [0.15, 0.2) is 30.6 Å². The lowest BCUT2D eigenvalue weighted by molar-refractivity contribution is 0.627. The summed E-state index contributed by atoms with van der Waals surface area (Å²) in [7, 11) is 0. The Morgan fingerprint density at radius 2 is 2.06 bits per heavy atom. The zero-order chi connectivity index (χ0) is 12.3. The van der Waals surface area contributed by atoms with Crippen molar-refractivity contribution in [3.8, 4) is 11.3 Å². The van der Waals surface area contributed by atoms with Crippen molar-refractivity contribution >= 4 is 5.82 Å². The number of nitrogens with zero attached hydrogens (tertiary/aromatic N) is 2. The second-order valence-electron chi connectivity index (χ2n) is 3.84. The van der Waals surface area contributed by atoms with Gasteiger partial charge in [-0.1, -0.05) is 0 Å². The van der Waals surface area contributed by atoms with Crippen LogP contribution in [-0.2, 0) is 0 Å². The van der Waals surface area contributed by atoms with Crippen molar-refractivity contribution in [1.82, 2.24) is 9.97 Å². The number of benzene rings is 1. The maximum atomic E-state index is 13.3. The van der Waals surface area contributed by atoms with Gasteiger partial charge in [-0.05, 0) is 37.6 Å². The molecule has 0 aliphatic carbocycles. The average Bonchev–Trinajstić information content (AvgIpc) is 2.28. The normalized spacial score (nSPS) is 10.3. The molecular formula is C13H14FN3. The molecule has 0 amide bonds. The molecule has 0 saturated heterocycles. The Morgan fingerprint density at radius 3 is 2.76 bits per heavy atom. The van der Waals surface area contributed by atoms with Gasteiger partial charge >= 0.3 is 0 Å². The van der Waals surface area contributed by atoms with Crippen molar-refractivity contribution in [2.24, 2.45) is 0 Å². The van der Waals surface area contributed by atoms with Crippen LogP contribution in [0.1, 0.15) is 12.5 Å². The summed E-state index contributed by atoms with van der Waals surface area (Å²) in [6.45, 7) is 4.62. The monoisotopic (exact) mass is 231 g/mol. The molecule has 0 radical (unpaired) electrons. The van der Waals surface area contributed by atoms with Crippen LogP contribution >= 0.6 is 0 Å². The maximum absolute atomic E-state index is 13.3. The van der Waals surface area contributed by atoms with E-state index >= 15 is 0 Å². The molecule has 17 heavy (non-hydrogen) atoms. The highest BCUT2D eigenvalue weighted by Gasteiger charge is 2.04. The number of hydrogen-bond donors (Lipinski definition) is 1. The lowest BCUT2D eigenvalue weighted by Gasteiger charge is -2.06. The summed E-state index contributed by atoms with van der Waals surface area (Å²) in [6.07, 6.45) is 3.29. The number of aryl methyl sites for hydroxylation is 1. The third-order valence-corrected chi connectivity index (χ3v) is 2.33. The van der Waals surface area contributed by atoms with Gasteiger partial charge in [0.2, 0.25) is 0 Å². The fourth-order valence-corrected chi connectivity index (χ4v) is 1.66. The van der Waals surface area contributed by atoms with Crippen molar-refractivity contribution < 1.29 is 4.39 Å². The largest absolute Gasteiger partial charge is 0.369 e. The number of nitrogens with one attached hydrogen (secondary N) is 1. The summed E-state index contributed by atoms with van der Waals surface area (Å²) in [5.74, 6) is 0.447. The molecule has 88 valence electrons. The molecule has 2 rings (SSSR count). The predicted octanol–water partition coefficient (Wildman–Crippen LogP) is 3.02. The topological polar surface area (TPSA) is 37.8 Å². The molecular weight excluding hydrogens is 217 g/mol. The molecule has 0 aliphatic rings. The first-order chi connectivity index (χ1) is 8.19. The van der Waals surface area contributed by atoms with E-state index in [-0.39, 0.29) is 5.82 Å². The van der Waals surface area contributed by atoms with E-state index in [9.17, 15) is 4.39 Å². The molecule has 0 unspecified atom stereocenters. The minimum atomic E-state index is -0.254. The van der Waals surface area contributed by atoms with Crippen LogP contribution < -0.4 is 5.32 Å². The molecule has 4 heteroatoms. The van der Waals surface area contributed by atoms with E-state index in [0.29, 0.717) is 11.5 Å². The van der Waals surface area contributed by atoms with Gasteiger partial charge in [-0.15, -0.1) is 0 Å². The Kier molecular flexibility index (Phi) is 3.32. The third-order valence-electron chi connectivity index (χ3n) is 2.33. The average molecular weight is 231 g/mol. The number of hydrogen-bond acceptors (Lipinski definition) is 3. The van der Waals surface area contributed by atoms with Crippen LogP contribution in [0.2, 0.25) is 0 Å². The van der Waals surface area contributed by atoms with Gasteiger partial charge in [0, 0.05) is 12.1 Å². The molecule has 0 saturated carbocycles. The molecule has 1 aromatic heterocycles. The first-order valence-corrected chi connectivity index (χ1v) is 5.52. The van der Waals surface area contributed by atoms with E-state index < -0.39 is 0 Å². The molecule has 1 N–H and O–H groups in total. The maximum Gasteiger partial charge on any atom is 0.145 e. The van der Waals surface area contributed by atoms with Crippen molar-refractivity contribution in [1.29, 1.82) is 0 Å². The fourth-order valence-electron chi connectivity index (χ4n) is 1.66. The zero-order valence-electron chi connectivity index (χ0n) is 9.87. The Labute approximate surface area is 99.7 Å². The van der Waals surface area contributed by atoms with Gasteiger partial charge in [-0.3, -0.25) is 4.98 Å². The van der Waals surface area contributed by atoms with Crippen molar-refractivity contribution in [3.05, 3.63) is 42.0 Å². The summed E-state index contributed by atoms with van der Waals surface area (Å²) in [4.78, 5) is 8.47. The first-order valence-electron chi connectivity index (χ1n) is 5.52. The summed E-state index contributed by atoms with van der Waals surface area (Å²) in [5.41, 5.74) is 2.29. The van der Waals surface area contributed by atoms with Crippen LogP contribution in [0.5, 0.6) is 0 Å². The highest BCUT2D eigenvalue weighted by atomic mass is 19.1. The van der Waals surface area contributed by atoms with Crippen molar-refractivity contribution in [3.63, 3.8) is 0 Å². The molecule has 0 fully saturated rings. The predicted molar refractivity (Wildman–Crippen MR) is 66.3 cm³/mol. The number of rotatable bonds is 3. The standard InChI is InChI=1S/C13H14FN3/c1-3-16-13-8-15-7-12(17-13)10-4-9(2)5-11(14)6-10/h4-8H,3H2,1-2H3,(H,16,17). The number of aromatic nitrogens is 2. The van der Waals surface area contributed by atoms with Gasteiger partial charge in [0.15, 0.2) is 0 Å². The van der Waals surface area contributed by atoms with Gasteiger partial charge < -0.3 is 5.32 Å². The molecule has 0 aliphatic heterocycles. The van der Waals surface area contributed by atoms with Gasteiger partial charge in [0.1, 0.15) is 11.6 Å². The van der Waals surface area contributed by atoms with E-state index in [1.165, 1.54) is 12.1 Å². The third kappa shape index (κ3) is 2.78. The minimum absolute atomic E-state index is 0.254. The quantitative estimate of drug-likeness (QED) is 0.882. The van der Waals surface area contributed by atoms with Gasteiger partial charge in [0.25, 0.3) is 0 Å². The van der Waals surface area contributed by atoms with E-state index in [4.69, 9.17) is 0 Å². The van der Waals surface area contributed by atoms with E-state index in [1.807, 2.05) is 19.9 Å². The summed E-state index contributed by atoms with van der Waals surface area (Å²) in [6, 6.07) is 4.85. The zero-order valence-corrected chi connectivity index (χ0v) is 9.87. The van der Waals surface area contributed by atoms with E-state index in [1.54, 1.807) is 12.4 Å². The lowest BCUT2D eigenvalue weighted by atomic mass is 10.1. The minimum Gasteiger partial charge on any atom is -0.369 e. The van der Waals surface area contributed by atoms with Gasteiger partial charge in [0.05, 0.1) is 18.1 Å². The molecule has 1 aromatic carbocycles. The Hall–Kier alpha value is -1.97. The highest BCUT2D eigenvalue weighted by Crippen LogP contribution is 2.20. The second kappa shape index (κ2) is 4.91.